The van der Waals surface area contributed by atoms with Crippen LogP contribution in [0.2, 0.25) is 0 Å². The summed E-state index contributed by atoms with van der Waals surface area (Å²) in [6.07, 6.45) is 2.52. The number of benzene rings is 1. The van der Waals surface area contributed by atoms with Crippen molar-refractivity contribution >= 4 is 28.0 Å². The Kier molecular flexibility index (Phi) is 4.37. The maximum Gasteiger partial charge on any atom is 0.328 e. The summed E-state index contributed by atoms with van der Waals surface area (Å²) >= 11 is 3.33. The Morgan fingerprint density at radius 2 is 2.06 bits per heavy atom. The molecule has 0 heterocycles. The number of carbonyl (C=O) groups is 1. The minimum atomic E-state index is -1.01. The van der Waals surface area contributed by atoms with E-state index in [1.165, 1.54) is 13.2 Å². The van der Waals surface area contributed by atoms with E-state index < -0.39 is 5.97 Å². The molecule has 1 aromatic rings. The van der Waals surface area contributed by atoms with Crippen LogP contribution in [-0.4, -0.2) is 25.3 Å². The van der Waals surface area contributed by atoms with E-state index in [-0.39, 0.29) is 0 Å². The molecule has 0 unspecified atom stereocenters. The van der Waals surface area contributed by atoms with Crippen molar-refractivity contribution in [3.05, 3.63) is 28.2 Å². The molecule has 0 aliphatic carbocycles. The number of hydrogen-bond donors (Lipinski definition) is 1. The number of ether oxygens (including phenoxy) is 2. The van der Waals surface area contributed by atoms with Gasteiger partial charge in [-0.3, -0.25) is 0 Å². The third-order valence-corrected chi connectivity index (χ3v) is 2.67. The second-order valence-electron chi connectivity index (χ2n) is 2.88. The molecule has 16 heavy (non-hydrogen) atoms. The van der Waals surface area contributed by atoms with Gasteiger partial charge in [0, 0.05) is 11.6 Å². The third-order valence-electron chi connectivity index (χ3n) is 1.92. The maximum atomic E-state index is 10.4. The van der Waals surface area contributed by atoms with Crippen molar-refractivity contribution in [1.82, 2.24) is 0 Å². The van der Waals surface area contributed by atoms with E-state index >= 15 is 0 Å². The summed E-state index contributed by atoms with van der Waals surface area (Å²) < 4.78 is 10.9. The first-order valence-electron chi connectivity index (χ1n) is 4.41. The first kappa shape index (κ1) is 12.6. The van der Waals surface area contributed by atoms with Crippen LogP contribution in [0, 0.1) is 0 Å². The van der Waals surface area contributed by atoms with Gasteiger partial charge in [-0.2, -0.15) is 0 Å². The molecule has 0 saturated carbocycles. The Morgan fingerprint density at radius 1 is 1.38 bits per heavy atom. The van der Waals surface area contributed by atoms with Gasteiger partial charge in [-0.05, 0) is 34.1 Å². The van der Waals surface area contributed by atoms with E-state index in [0.717, 1.165) is 6.08 Å². The van der Waals surface area contributed by atoms with Gasteiger partial charge >= 0.3 is 5.97 Å². The van der Waals surface area contributed by atoms with Crippen LogP contribution >= 0.6 is 15.9 Å². The Bertz CT molecular complexity index is 426. The van der Waals surface area contributed by atoms with E-state index in [9.17, 15) is 4.79 Å². The number of methoxy groups -OCH3 is 2. The fourth-order valence-corrected chi connectivity index (χ4v) is 1.90. The molecule has 0 atom stereocenters. The molecular formula is C11H11BrO4. The predicted molar refractivity (Wildman–Crippen MR) is 63.9 cm³/mol. The van der Waals surface area contributed by atoms with Gasteiger partial charge in [-0.25, -0.2) is 4.79 Å². The Hall–Kier alpha value is -1.49. The zero-order valence-electron chi connectivity index (χ0n) is 8.86. The summed E-state index contributed by atoms with van der Waals surface area (Å²) in [4.78, 5) is 10.4. The molecule has 0 aliphatic rings. The zero-order chi connectivity index (χ0) is 12.1. The van der Waals surface area contributed by atoms with Crippen LogP contribution < -0.4 is 9.47 Å². The Morgan fingerprint density at radius 3 is 2.56 bits per heavy atom. The van der Waals surface area contributed by atoms with Gasteiger partial charge in [0.05, 0.1) is 14.2 Å². The van der Waals surface area contributed by atoms with Crippen LogP contribution in [0.25, 0.3) is 6.08 Å². The highest BCUT2D eigenvalue weighted by atomic mass is 79.9. The molecule has 0 amide bonds. The SMILES string of the molecule is COc1ccc(/C=C/C(=O)O)c(OC)c1Br. The first-order chi connectivity index (χ1) is 7.60. The van der Waals surface area contributed by atoms with Gasteiger partial charge in [0.1, 0.15) is 16.0 Å². The fourth-order valence-electron chi connectivity index (χ4n) is 1.21. The molecule has 0 fully saturated rings. The average molecular weight is 287 g/mol. The van der Waals surface area contributed by atoms with E-state index in [4.69, 9.17) is 14.6 Å². The fraction of sp³-hybridized carbons (Fsp3) is 0.182. The van der Waals surface area contributed by atoms with Crippen molar-refractivity contribution in [1.29, 1.82) is 0 Å². The minimum absolute atomic E-state index is 0.539. The molecule has 0 bridgehead atoms. The van der Waals surface area contributed by atoms with E-state index in [1.54, 1.807) is 19.2 Å². The van der Waals surface area contributed by atoms with Crippen molar-refractivity contribution in [2.45, 2.75) is 0 Å². The van der Waals surface area contributed by atoms with Crippen LogP contribution in [0.15, 0.2) is 22.7 Å². The van der Waals surface area contributed by atoms with Crippen molar-refractivity contribution in [3.8, 4) is 11.5 Å². The largest absolute Gasteiger partial charge is 0.495 e. The molecule has 0 saturated heterocycles. The van der Waals surface area contributed by atoms with E-state index in [2.05, 4.69) is 15.9 Å². The van der Waals surface area contributed by atoms with Crippen molar-refractivity contribution in [3.63, 3.8) is 0 Å². The molecule has 5 heteroatoms. The molecule has 4 nitrogen and oxygen atoms in total. The molecule has 86 valence electrons. The number of halogens is 1. The monoisotopic (exact) mass is 286 g/mol. The molecular weight excluding hydrogens is 276 g/mol. The van der Waals surface area contributed by atoms with E-state index in [0.29, 0.717) is 21.5 Å². The van der Waals surface area contributed by atoms with Gasteiger partial charge in [-0.15, -0.1) is 0 Å². The number of carboxylic acids is 1. The van der Waals surface area contributed by atoms with Gasteiger partial charge < -0.3 is 14.6 Å². The summed E-state index contributed by atoms with van der Waals surface area (Å²) in [5.41, 5.74) is 0.664. The summed E-state index contributed by atoms with van der Waals surface area (Å²) in [6, 6.07) is 3.45. The third kappa shape index (κ3) is 2.76. The number of rotatable bonds is 4. The van der Waals surface area contributed by atoms with E-state index in [1.807, 2.05) is 0 Å². The first-order valence-corrected chi connectivity index (χ1v) is 5.21. The van der Waals surface area contributed by atoms with Crippen molar-refractivity contribution < 1.29 is 19.4 Å². The molecule has 0 radical (unpaired) electrons. The highest BCUT2D eigenvalue weighted by Crippen LogP contribution is 2.37. The molecule has 0 spiro atoms. The Labute approximate surface area is 102 Å². The second kappa shape index (κ2) is 5.55. The summed E-state index contributed by atoms with van der Waals surface area (Å²) in [5, 5.41) is 8.54. The smallest absolute Gasteiger partial charge is 0.328 e. The van der Waals surface area contributed by atoms with Crippen LogP contribution in [-0.2, 0) is 4.79 Å². The molecule has 1 rings (SSSR count). The minimum Gasteiger partial charge on any atom is -0.495 e. The second-order valence-corrected chi connectivity index (χ2v) is 3.67. The van der Waals surface area contributed by atoms with Crippen LogP contribution in [0.1, 0.15) is 5.56 Å². The summed E-state index contributed by atoms with van der Waals surface area (Å²) in [6.45, 7) is 0. The Balaban J connectivity index is 3.20. The lowest BCUT2D eigenvalue weighted by Gasteiger charge is -2.10. The molecule has 0 aromatic heterocycles. The molecule has 1 aromatic carbocycles. The lowest BCUT2D eigenvalue weighted by molar-refractivity contribution is -0.131. The number of carboxylic acid groups (broad SMARTS) is 1. The lowest BCUT2D eigenvalue weighted by Crippen LogP contribution is -1.93. The van der Waals surface area contributed by atoms with Crippen LogP contribution in [0.4, 0.5) is 0 Å². The van der Waals surface area contributed by atoms with Gasteiger partial charge in [0.2, 0.25) is 0 Å². The zero-order valence-corrected chi connectivity index (χ0v) is 10.4. The molecule has 0 aliphatic heterocycles. The van der Waals surface area contributed by atoms with Crippen molar-refractivity contribution in [2.24, 2.45) is 0 Å². The number of aliphatic carboxylic acids is 1. The highest BCUT2D eigenvalue weighted by molar-refractivity contribution is 9.10. The van der Waals surface area contributed by atoms with Crippen LogP contribution in [0.5, 0.6) is 11.5 Å². The van der Waals surface area contributed by atoms with Gasteiger partial charge in [0.15, 0.2) is 0 Å². The number of hydrogen-bond acceptors (Lipinski definition) is 3. The van der Waals surface area contributed by atoms with Gasteiger partial charge in [-0.1, -0.05) is 0 Å². The normalized spacial score (nSPS) is 10.4. The highest BCUT2D eigenvalue weighted by Gasteiger charge is 2.10. The van der Waals surface area contributed by atoms with Crippen LogP contribution in [0.3, 0.4) is 0 Å². The summed E-state index contributed by atoms with van der Waals surface area (Å²) in [5.74, 6) is 0.162. The van der Waals surface area contributed by atoms with Crippen molar-refractivity contribution in [2.75, 3.05) is 14.2 Å². The maximum absolute atomic E-state index is 10.4. The standard InChI is InChI=1S/C11H11BrO4/c1-15-8-5-3-7(4-6-9(13)14)11(16-2)10(8)12/h3-6H,1-2H3,(H,13,14)/b6-4+. The topological polar surface area (TPSA) is 55.8 Å². The van der Waals surface area contributed by atoms with Gasteiger partial charge in [0.25, 0.3) is 0 Å². The quantitative estimate of drug-likeness (QED) is 0.865. The summed E-state index contributed by atoms with van der Waals surface area (Å²) in [7, 11) is 3.06. The predicted octanol–water partition coefficient (Wildman–Crippen LogP) is 2.56. The molecule has 1 N–H and O–H groups in total. The average Bonchev–Trinajstić information content (AvgIpc) is 2.26. The lowest BCUT2D eigenvalue weighted by atomic mass is 10.1.